The second-order valence-electron chi connectivity index (χ2n) is 9.79. The van der Waals surface area contributed by atoms with Gasteiger partial charge in [-0.1, -0.05) is 47.0 Å². The van der Waals surface area contributed by atoms with Crippen molar-refractivity contribution in [3.8, 4) is 0 Å². The van der Waals surface area contributed by atoms with Crippen molar-refractivity contribution in [2.75, 3.05) is 18.0 Å². The van der Waals surface area contributed by atoms with Crippen molar-refractivity contribution in [2.24, 2.45) is 11.8 Å². The number of nitrogens with zero attached hydrogens (tertiary/aromatic N) is 4. The van der Waals surface area contributed by atoms with E-state index < -0.39 is 0 Å². The third kappa shape index (κ3) is 7.00. The molecule has 4 rings (SSSR count). The van der Waals surface area contributed by atoms with Crippen LogP contribution in [0.25, 0.3) is 0 Å². The van der Waals surface area contributed by atoms with Crippen LogP contribution in [-0.2, 0) is 4.79 Å². The summed E-state index contributed by atoms with van der Waals surface area (Å²) in [6.07, 6.45) is 12.6. The number of carbonyl (C=O) groups is 1. The number of fused-ring (bicyclic) bond motifs is 2. The van der Waals surface area contributed by atoms with E-state index in [2.05, 4.69) is 33.6 Å². The van der Waals surface area contributed by atoms with E-state index in [4.69, 9.17) is 0 Å². The fourth-order valence-corrected chi connectivity index (χ4v) is 5.06. The Morgan fingerprint density at radius 1 is 0.903 bits per heavy atom. The van der Waals surface area contributed by atoms with Crippen molar-refractivity contribution < 1.29 is 4.79 Å². The second kappa shape index (κ2) is 12.5. The molecule has 3 fully saturated rings. The van der Waals surface area contributed by atoms with Gasteiger partial charge in [0.2, 0.25) is 5.95 Å². The van der Waals surface area contributed by atoms with E-state index in [9.17, 15) is 4.79 Å². The van der Waals surface area contributed by atoms with Crippen LogP contribution in [0.15, 0.2) is 12.4 Å². The summed E-state index contributed by atoms with van der Waals surface area (Å²) in [7, 11) is 0. The molecule has 1 saturated carbocycles. The number of piperazine rings is 1. The fraction of sp³-hybridized carbons (Fsp3) is 0.808. The summed E-state index contributed by atoms with van der Waals surface area (Å²) in [5, 5.41) is 0. The Labute approximate surface area is 191 Å². The third-order valence-corrected chi connectivity index (χ3v) is 6.82. The number of hydrogen-bond donors (Lipinski definition) is 0. The maximum Gasteiger partial charge on any atom is 0.225 e. The molecule has 2 unspecified atom stereocenters. The molecular weight excluding hydrogens is 384 g/mol. The number of ketones is 1. The summed E-state index contributed by atoms with van der Waals surface area (Å²) in [5.41, 5.74) is 1.13. The van der Waals surface area contributed by atoms with Gasteiger partial charge < -0.3 is 4.90 Å². The number of Topliss-reactive ketones (excluding diaryl/α,β-unsaturated/α-hetero) is 1. The normalized spacial score (nSPS) is 23.8. The van der Waals surface area contributed by atoms with Crippen LogP contribution in [0.2, 0.25) is 0 Å². The smallest absolute Gasteiger partial charge is 0.225 e. The highest BCUT2D eigenvalue weighted by atomic mass is 16.1. The van der Waals surface area contributed by atoms with Gasteiger partial charge in [0, 0.05) is 55.4 Å². The zero-order chi connectivity index (χ0) is 23.0. The summed E-state index contributed by atoms with van der Waals surface area (Å²) in [6, 6.07) is 1.86. The molecule has 5 heteroatoms. The van der Waals surface area contributed by atoms with Crippen LogP contribution in [0.3, 0.4) is 0 Å². The van der Waals surface area contributed by atoms with E-state index in [1.54, 1.807) is 0 Å². The van der Waals surface area contributed by atoms with Crippen LogP contribution in [0.1, 0.15) is 92.1 Å². The van der Waals surface area contributed by atoms with E-state index in [1.165, 1.54) is 32.1 Å². The Balaban J connectivity index is 0.000000226. The van der Waals surface area contributed by atoms with Crippen molar-refractivity contribution in [3.05, 3.63) is 18.0 Å². The minimum Gasteiger partial charge on any atom is -0.332 e. The number of likely N-dealkylation sites (tertiary alicyclic amines) is 1. The van der Waals surface area contributed by atoms with E-state index in [-0.39, 0.29) is 5.92 Å². The van der Waals surface area contributed by atoms with Gasteiger partial charge in [-0.2, -0.15) is 0 Å². The highest BCUT2D eigenvalue weighted by Gasteiger charge is 2.41. The van der Waals surface area contributed by atoms with Crippen molar-refractivity contribution in [3.63, 3.8) is 0 Å². The molecular formula is C26H46N4O. The van der Waals surface area contributed by atoms with Crippen LogP contribution in [0.4, 0.5) is 5.95 Å². The highest BCUT2D eigenvalue weighted by Crippen LogP contribution is 2.33. The summed E-state index contributed by atoms with van der Waals surface area (Å²) >= 11 is 0. The Morgan fingerprint density at radius 3 is 1.87 bits per heavy atom. The average Bonchev–Trinajstić information content (AvgIpc) is 3.04. The first-order valence-electron chi connectivity index (χ1n) is 12.7. The lowest BCUT2D eigenvalue weighted by Gasteiger charge is -2.42. The van der Waals surface area contributed by atoms with Gasteiger partial charge in [-0.25, -0.2) is 9.97 Å². The predicted octanol–water partition coefficient (Wildman–Crippen LogP) is 5.66. The van der Waals surface area contributed by atoms with Gasteiger partial charge in [-0.15, -0.1) is 0 Å². The van der Waals surface area contributed by atoms with E-state index in [0.717, 1.165) is 37.4 Å². The topological polar surface area (TPSA) is 49.3 Å². The fourth-order valence-electron chi connectivity index (χ4n) is 5.06. The number of aryl methyl sites for hydroxylation is 1. The molecule has 0 amide bonds. The molecule has 1 aromatic heterocycles. The first-order chi connectivity index (χ1) is 14.9. The van der Waals surface area contributed by atoms with Crippen LogP contribution in [-0.4, -0.2) is 51.9 Å². The van der Waals surface area contributed by atoms with Crippen molar-refractivity contribution in [1.82, 2.24) is 14.9 Å². The Hall–Kier alpha value is -1.49. The summed E-state index contributed by atoms with van der Waals surface area (Å²) in [4.78, 5) is 25.6. The lowest BCUT2D eigenvalue weighted by atomic mass is 9.83. The van der Waals surface area contributed by atoms with Gasteiger partial charge in [0.1, 0.15) is 5.78 Å². The molecule has 2 saturated heterocycles. The summed E-state index contributed by atoms with van der Waals surface area (Å²) < 4.78 is 0. The molecule has 5 nitrogen and oxygen atoms in total. The van der Waals surface area contributed by atoms with Gasteiger partial charge in [-0.3, -0.25) is 9.69 Å². The zero-order valence-corrected chi connectivity index (χ0v) is 21.1. The van der Waals surface area contributed by atoms with Crippen molar-refractivity contribution in [1.29, 1.82) is 0 Å². The predicted molar refractivity (Wildman–Crippen MR) is 131 cm³/mol. The van der Waals surface area contributed by atoms with Gasteiger partial charge in [0.05, 0.1) is 0 Å². The molecule has 2 atom stereocenters. The number of carbonyl (C=O) groups excluding carboxylic acids is 1. The quantitative estimate of drug-likeness (QED) is 0.616. The summed E-state index contributed by atoms with van der Waals surface area (Å²) in [6.45, 7) is 17.0. The van der Waals surface area contributed by atoms with Gasteiger partial charge >= 0.3 is 0 Å². The van der Waals surface area contributed by atoms with Gasteiger partial charge in [-0.05, 0) is 52.0 Å². The average molecular weight is 431 g/mol. The van der Waals surface area contributed by atoms with E-state index in [1.807, 2.05) is 47.0 Å². The largest absolute Gasteiger partial charge is 0.332 e. The molecule has 2 aliphatic heterocycles. The minimum atomic E-state index is 0.248. The molecule has 0 aromatic carbocycles. The Kier molecular flexibility index (Phi) is 10.4. The lowest BCUT2D eigenvalue weighted by molar-refractivity contribution is -0.126. The van der Waals surface area contributed by atoms with Crippen molar-refractivity contribution in [2.45, 2.75) is 112 Å². The van der Waals surface area contributed by atoms with Crippen LogP contribution in [0, 0.1) is 18.8 Å². The maximum atomic E-state index is 11.5. The number of hydrogen-bond acceptors (Lipinski definition) is 5. The molecule has 176 valence electrons. The van der Waals surface area contributed by atoms with E-state index in [0.29, 0.717) is 29.8 Å². The molecule has 0 radical (unpaired) electrons. The summed E-state index contributed by atoms with van der Waals surface area (Å²) in [5.74, 6) is 2.07. The Bertz CT molecular complexity index is 638. The van der Waals surface area contributed by atoms with Gasteiger partial charge in [0.15, 0.2) is 0 Å². The zero-order valence-electron chi connectivity index (χ0n) is 21.1. The van der Waals surface area contributed by atoms with Crippen LogP contribution < -0.4 is 4.90 Å². The van der Waals surface area contributed by atoms with Crippen LogP contribution >= 0.6 is 0 Å². The minimum absolute atomic E-state index is 0.248. The monoisotopic (exact) mass is 430 g/mol. The molecule has 2 bridgehead atoms. The molecule has 0 N–H and O–H groups in total. The Morgan fingerprint density at radius 2 is 1.42 bits per heavy atom. The van der Waals surface area contributed by atoms with E-state index >= 15 is 0 Å². The molecule has 3 heterocycles. The first-order valence-corrected chi connectivity index (χ1v) is 12.7. The SMILES string of the molecule is CC.CC(C)C(=O)C1CCCCC1.Cc1cnc(N2C3CCC2CN(C(C)C)C3)nc1. The third-order valence-electron chi connectivity index (χ3n) is 6.82. The molecule has 3 aliphatic rings. The molecule has 1 aromatic rings. The molecule has 0 spiro atoms. The number of aromatic nitrogens is 2. The highest BCUT2D eigenvalue weighted by molar-refractivity contribution is 5.82. The number of anilines is 1. The van der Waals surface area contributed by atoms with Gasteiger partial charge in [0.25, 0.3) is 0 Å². The first kappa shape index (κ1) is 25.8. The lowest BCUT2D eigenvalue weighted by Crippen LogP contribution is -2.56. The molecule has 1 aliphatic carbocycles. The number of rotatable bonds is 4. The molecule has 31 heavy (non-hydrogen) atoms. The van der Waals surface area contributed by atoms with Crippen molar-refractivity contribution >= 4 is 11.7 Å². The van der Waals surface area contributed by atoms with Crippen LogP contribution in [0.5, 0.6) is 0 Å². The maximum absolute atomic E-state index is 11.5. The second-order valence-corrected chi connectivity index (χ2v) is 9.79. The standard InChI is InChI=1S/C14H22N4.C10H18O.C2H6/c1-10(2)17-8-12-4-5-13(9-17)18(12)14-15-6-11(3)7-16-14;1-8(2)10(11)9-6-4-3-5-7-9;1-2/h6-7,10,12-13H,4-5,8-9H2,1-3H3;8-9H,3-7H2,1-2H3;1-2H3.